The smallest absolute Gasteiger partial charge is 0.254 e. The molecule has 7 nitrogen and oxygen atoms in total. The number of benzene rings is 3. The predicted octanol–water partition coefficient (Wildman–Crippen LogP) is 5.46. The van der Waals surface area contributed by atoms with Gasteiger partial charge in [0.1, 0.15) is 6.54 Å². The molecule has 0 unspecified atom stereocenters. The van der Waals surface area contributed by atoms with Crippen LogP contribution < -0.4 is 9.47 Å². The summed E-state index contributed by atoms with van der Waals surface area (Å²) in [6, 6.07) is 27.2. The van der Waals surface area contributed by atoms with Crippen LogP contribution in [0.4, 0.5) is 0 Å². The third kappa shape index (κ3) is 6.66. The molecule has 200 valence electrons. The minimum absolute atomic E-state index is 0.0570. The van der Waals surface area contributed by atoms with Gasteiger partial charge in [0.25, 0.3) is 5.91 Å². The van der Waals surface area contributed by atoms with E-state index in [1.807, 2.05) is 90.3 Å². The van der Waals surface area contributed by atoms with Crippen molar-refractivity contribution in [2.45, 2.75) is 13.1 Å². The minimum atomic E-state index is -0.209. The van der Waals surface area contributed by atoms with Gasteiger partial charge in [0.05, 0.1) is 13.2 Å². The lowest BCUT2D eigenvalue weighted by atomic mass is 10.0. The van der Waals surface area contributed by atoms with E-state index >= 15 is 0 Å². The topological polar surface area (TPSA) is 68.3 Å². The van der Waals surface area contributed by atoms with E-state index in [4.69, 9.17) is 14.2 Å². The first-order valence-electron chi connectivity index (χ1n) is 12.7. The summed E-state index contributed by atoms with van der Waals surface area (Å²) in [6.07, 6.45) is 0. The van der Waals surface area contributed by atoms with Gasteiger partial charge in [0.2, 0.25) is 12.7 Å². The normalized spacial score (nSPS) is 11.8. The Balaban J connectivity index is 1.33. The first kappa shape index (κ1) is 26.5. The molecule has 39 heavy (non-hydrogen) atoms. The van der Waals surface area contributed by atoms with Gasteiger partial charge in [-0.2, -0.15) is 0 Å². The maximum Gasteiger partial charge on any atom is 0.254 e. The van der Waals surface area contributed by atoms with E-state index in [1.54, 1.807) is 28.2 Å². The Bertz CT molecular complexity index is 1390. The van der Waals surface area contributed by atoms with Crippen molar-refractivity contribution in [3.8, 4) is 22.6 Å². The number of hydrogen-bond donors (Lipinski definition) is 0. The molecular formula is C31H30N2O5S. The van der Waals surface area contributed by atoms with Gasteiger partial charge in [-0.05, 0) is 52.4 Å². The Morgan fingerprint density at radius 1 is 0.846 bits per heavy atom. The number of rotatable bonds is 11. The van der Waals surface area contributed by atoms with Gasteiger partial charge in [-0.15, -0.1) is 11.3 Å². The molecule has 1 aliphatic rings. The highest BCUT2D eigenvalue weighted by Gasteiger charge is 2.24. The molecule has 0 atom stereocenters. The molecule has 3 aromatic carbocycles. The third-order valence-corrected chi connectivity index (χ3v) is 7.37. The Kier molecular flexibility index (Phi) is 8.55. The van der Waals surface area contributed by atoms with Crippen molar-refractivity contribution in [3.63, 3.8) is 0 Å². The maximum absolute atomic E-state index is 13.7. The maximum atomic E-state index is 13.7. The first-order valence-corrected chi connectivity index (χ1v) is 13.6. The summed E-state index contributed by atoms with van der Waals surface area (Å²) >= 11 is 1.60. The van der Waals surface area contributed by atoms with Gasteiger partial charge >= 0.3 is 0 Å². The van der Waals surface area contributed by atoms with Crippen LogP contribution in [0.15, 0.2) is 90.3 Å². The summed E-state index contributed by atoms with van der Waals surface area (Å²) in [5.41, 5.74) is 3.56. The summed E-state index contributed by atoms with van der Waals surface area (Å²) < 4.78 is 16.2. The number of ether oxygens (including phenoxy) is 3. The van der Waals surface area contributed by atoms with Crippen LogP contribution in [-0.4, -0.2) is 55.2 Å². The third-order valence-electron chi connectivity index (χ3n) is 6.51. The number of amides is 2. The Morgan fingerprint density at radius 2 is 1.62 bits per heavy atom. The highest BCUT2D eigenvalue weighted by atomic mass is 32.1. The van der Waals surface area contributed by atoms with E-state index in [1.165, 1.54) is 0 Å². The zero-order valence-corrected chi connectivity index (χ0v) is 22.6. The highest BCUT2D eigenvalue weighted by Crippen LogP contribution is 2.33. The predicted molar refractivity (Wildman–Crippen MR) is 151 cm³/mol. The number of carbonyl (C=O) groups excluding carboxylic acids is 2. The molecule has 5 rings (SSSR count). The second-order valence-electron chi connectivity index (χ2n) is 9.18. The van der Waals surface area contributed by atoms with E-state index in [2.05, 4.69) is 0 Å². The molecule has 0 aliphatic carbocycles. The van der Waals surface area contributed by atoms with E-state index < -0.39 is 0 Å². The van der Waals surface area contributed by atoms with E-state index in [9.17, 15) is 9.59 Å². The number of fused-ring (bicyclic) bond motifs is 1. The van der Waals surface area contributed by atoms with Crippen molar-refractivity contribution in [1.29, 1.82) is 0 Å². The number of thiophene rings is 1. The molecule has 0 radical (unpaired) electrons. The Labute approximate surface area is 232 Å². The molecule has 2 heterocycles. The molecule has 0 spiro atoms. The van der Waals surface area contributed by atoms with Crippen LogP contribution in [-0.2, 0) is 22.6 Å². The fraction of sp³-hybridized carbons (Fsp3) is 0.226. The van der Waals surface area contributed by atoms with Crippen LogP contribution in [0, 0.1) is 0 Å². The van der Waals surface area contributed by atoms with Gasteiger partial charge in [-0.25, -0.2) is 0 Å². The van der Waals surface area contributed by atoms with Crippen molar-refractivity contribution >= 4 is 23.2 Å². The SMILES string of the molecule is COCCN(CC(=O)N(Cc1ccc2c(c1)OCO2)Cc1cccs1)C(=O)c1ccc(-c2ccccc2)cc1. The van der Waals surface area contributed by atoms with Crippen LogP contribution in [0.5, 0.6) is 11.5 Å². The number of carbonyl (C=O) groups is 2. The summed E-state index contributed by atoms with van der Waals surface area (Å²) in [5.74, 6) is 1.02. The molecule has 2 amide bonds. The molecule has 0 bridgehead atoms. The number of methoxy groups -OCH3 is 1. The van der Waals surface area contributed by atoms with Crippen LogP contribution in [0.25, 0.3) is 11.1 Å². The monoisotopic (exact) mass is 542 g/mol. The Morgan fingerprint density at radius 3 is 2.36 bits per heavy atom. The van der Waals surface area contributed by atoms with Gasteiger partial charge in [-0.3, -0.25) is 9.59 Å². The van der Waals surface area contributed by atoms with Crippen molar-refractivity contribution in [1.82, 2.24) is 9.80 Å². The molecule has 0 N–H and O–H groups in total. The quantitative estimate of drug-likeness (QED) is 0.252. The fourth-order valence-corrected chi connectivity index (χ4v) is 5.14. The second-order valence-corrected chi connectivity index (χ2v) is 10.2. The number of nitrogens with zero attached hydrogens (tertiary/aromatic N) is 2. The molecule has 1 aromatic heterocycles. The fourth-order valence-electron chi connectivity index (χ4n) is 4.42. The van der Waals surface area contributed by atoms with Crippen LogP contribution in [0.3, 0.4) is 0 Å². The lowest BCUT2D eigenvalue weighted by Crippen LogP contribution is -2.43. The molecule has 4 aromatic rings. The van der Waals surface area contributed by atoms with Crippen molar-refractivity contribution < 1.29 is 23.8 Å². The lowest BCUT2D eigenvalue weighted by Gasteiger charge is -2.28. The molecule has 0 saturated carbocycles. The van der Waals surface area contributed by atoms with Gasteiger partial charge in [0, 0.05) is 30.6 Å². The standard InChI is InChI=1S/C31H30N2O5S/c1-36-16-15-32(31(35)26-12-10-25(11-13-26)24-6-3-2-4-7-24)21-30(34)33(20-27-8-5-17-39-27)19-23-9-14-28-29(18-23)38-22-37-28/h2-14,17-18H,15-16,19-22H2,1H3. The largest absolute Gasteiger partial charge is 0.454 e. The van der Waals surface area contributed by atoms with Crippen molar-refractivity contribution in [3.05, 3.63) is 106 Å². The van der Waals surface area contributed by atoms with Crippen LogP contribution >= 0.6 is 11.3 Å². The molecule has 8 heteroatoms. The zero-order chi connectivity index (χ0) is 27.0. The highest BCUT2D eigenvalue weighted by molar-refractivity contribution is 7.09. The molecule has 0 fully saturated rings. The minimum Gasteiger partial charge on any atom is -0.454 e. The van der Waals surface area contributed by atoms with Crippen molar-refractivity contribution in [2.75, 3.05) is 33.6 Å². The summed E-state index contributed by atoms with van der Waals surface area (Å²) in [4.78, 5) is 31.6. The van der Waals surface area contributed by atoms with E-state index in [-0.39, 0.29) is 25.2 Å². The second kappa shape index (κ2) is 12.6. The van der Waals surface area contributed by atoms with Gasteiger partial charge < -0.3 is 24.0 Å². The van der Waals surface area contributed by atoms with E-state index in [0.717, 1.165) is 21.6 Å². The van der Waals surface area contributed by atoms with E-state index in [0.29, 0.717) is 43.3 Å². The average Bonchev–Trinajstić information content (AvgIpc) is 3.67. The lowest BCUT2D eigenvalue weighted by molar-refractivity contribution is -0.133. The van der Waals surface area contributed by atoms with Crippen molar-refractivity contribution in [2.24, 2.45) is 0 Å². The first-order chi connectivity index (χ1) is 19.1. The zero-order valence-electron chi connectivity index (χ0n) is 21.7. The summed E-state index contributed by atoms with van der Waals surface area (Å²) in [7, 11) is 1.59. The number of hydrogen-bond acceptors (Lipinski definition) is 6. The van der Waals surface area contributed by atoms with Crippen LogP contribution in [0.1, 0.15) is 20.8 Å². The summed E-state index contributed by atoms with van der Waals surface area (Å²) in [5, 5.41) is 1.99. The summed E-state index contributed by atoms with van der Waals surface area (Å²) in [6.45, 7) is 1.60. The average molecular weight is 543 g/mol. The molecule has 0 saturated heterocycles. The van der Waals surface area contributed by atoms with Crippen LogP contribution in [0.2, 0.25) is 0 Å². The van der Waals surface area contributed by atoms with Gasteiger partial charge in [-0.1, -0.05) is 54.6 Å². The molecular weight excluding hydrogens is 512 g/mol. The molecule has 1 aliphatic heterocycles. The Hall–Kier alpha value is -4.14. The van der Waals surface area contributed by atoms with Gasteiger partial charge in [0.15, 0.2) is 11.5 Å².